The Labute approximate surface area is 104 Å². The zero-order chi connectivity index (χ0) is 12.4. The zero-order valence-electron chi connectivity index (χ0n) is 9.40. The van der Waals surface area contributed by atoms with Gasteiger partial charge in [0.25, 0.3) is 0 Å². The van der Waals surface area contributed by atoms with Gasteiger partial charge in [0.05, 0.1) is 23.5 Å². The highest BCUT2D eigenvalue weighted by molar-refractivity contribution is 6.28. The molecule has 0 amide bonds. The number of nitriles is 1. The third kappa shape index (κ3) is 2.24. The van der Waals surface area contributed by atoms with Gasteiger partial charge in [0.2, 0.25) is 5.28 Å². The monoisotopic (exact) mass is 244 g/mol. The molecular formula is C12H9ClN4. The Hall–Kier alpha value is -1.99. The molecule has 0 bridgehead atoms. The fourth-order valence-electron chi connectivity index (χ4n) is 1.83. The molecule has 0 atom stereocenters. The third-order valence-electron chi connectivity index (χ3n) is 2.45. The molecule has 1 aromatic carbocycles. The Balaban J connectivity index is 2.65. The predicted octanol–water partition coefficient (Wildman–Crippen LogP) is 2.68. The van der Waals surface area contributed by atoms with Crippen molar-refractivity contribution >= 4 is 11.6 Å². The first-order chi connectivity index (χ1) is 8.11. The SMILES string of the molecule is Cc1cc(C#N)cc(C)c1-c1cnnc(Cl)n1. The molecule has 17 heavy (non-hydrogen) atoms. The molecule has 0 radical (unpaired) electrons. The molecule has 1 heterocycles. The first kappa shape index (κ1) is 11.5. The van der Waals surface area contributed by atoms with Gasteiger partial charge in [0, 0.05) is 5.56 Å². The minimum Gasteiger partial charge on any atom is -0.215 e. The largest absolute Gasteiger partial charge is 0.243 e. The fraction of sp³-hybridized carbons (Fsp3) is 0.167. The zero-order valence-corrected chi connectivity index (χ0v) is 10.2. The molecule has 0 unspecified atom stereocenters. The van der Waals surface area contributed by atoms with Gasteiger partial charge in [0.15, 0.2) is 0 Å². The Morgan fingerprint density at radius 3 is 2.41 bits per heavy atom. The average molecular weight is 245 g/mol. The molecule has 0 aliphatic heterocycles. The lowest BCUT2D eigenvalue weighted by Crippen LogP contribution is -1.95. The maximum Gasteiger partial charge on any atom is 0.243 e. The van der Waals surface area contributed by atoms with Crippen molar-refractivity contribution in [2.75, 3.05) is 0 Å². The highest BCUT2D eigenvalue weighted by Gasteiger charge is 2.10. The molecule has 0 fully saturated rings. The molecule has 0 aliphatic carbocycles. The van der Waals surface area contributed by atoms with Crippen molar-refractivity contribution in [3.05, 3.63) is 40.3 Å². The molecular weight excluding hydrogens is 236 g/mol. The smallest absolute Gasteiger partial charge is 0.215 e. The van der Waals surface area contributed by atoms with Crippen molar-refractivity contribution in [1.29, 1.82) is 5.26 Å². The van der Waals surface area contributed by atoms with Gasteiger partial charge in [-0.3, -0.25) is 0 Å². The van der Waals surface area contributed by atoms with Gasteiger partial charge >= 0.3 is 0 Å². The summed E-state index contributed by atoms with van der Waals surface area (Å²) < 4.78 is 0. The molecule has 5 heteroatoms. The summed E-state index contributed by atoms with van der Waals surface area (Å²) in [4.78, 5) is 4.13. The Morgan fingerprint density at radius 1 is 1.24 bits per heavy atom. The van der Waals surface area contributed by atoms with Crippen molar-refractivity contribution in [3.63, 3.8) is 0 Å². The van der Waals surface area contributed by atoms with E-state index in [2.05, 4.69) is 21.3 Å². The maximum absolute atomic E-state index is 8.88. The van der Waals surface area contributed by atoms with Gasteiger partial charge in [0.1, 0.15) is 0 Å². The molecule has 1 aromatic heterocycles. The molecule has 0 N–H and O–H groups in total. The van der Waals surface area contributed by atoms with E-state index in [0.717, 1.165) is 16.7 Å². The van der Waals surface area contributed by atoms with Crippen LogP contribution >= 0.6 is 11.6 Å². The Kier molecular flexibility index (Phi) is 3.03. The van der Waals surface area contributed by atoms with E-state index in [1.54, 1.807) is 6.20 Å². The van der Waals surface area contributed by atoms with Crippen molar-refractivity contribution in [3.8, 4) is 17.3 Å². The minimum atomic E-state index is 0.116. The molecule has 0 saturated heterocycles. The van der Waals surface area contributed by atoms with E-state index in [4.69, 9.17) is 16.9 Å². The third-order valence-corrected chi connectivity index (χ3v) is 2.61. The number of aromatic nitrogens is 3. The van der Waals surface area contributed by atoms with Crippen molar-refractivity contribution in [2.45, 2.75) is 13.8 Å². The lowest BCUT2D eigenvalue weighted by molar-refractivity contribution is 0.973. The summed E-state index contributed by atoms with van der Waals surface area (Å²) in [5.41, 5.74) is 4.19. The topological polar surface area (TPSA) is 62.5 Å². The second-order valence-electron chi connectivity index (χ2n) is 3.71. The lowest BCUT2D eigenvalue weighted by Gasteiger charge is -2.09. The maximum atomic E-state index is 8.88. The summed E-state index contributed by atoms with van der Waals surface area (Å²) in [6.07, 6.45) is 1.56. The van der Waals surface area contributed by atoms with Gasteiger partial charge in [-0.05, 0) is 48.7 Å². The van der Waals surface area contributed by atoms with Crippen LogP contribution in [0.25, 0.3) is 11.3 Å². The van der Waals surface area contributed by atoms with Crippen LogP contribution in [0.15, 0.2) is 18.3 Å². The molecule has 2 aromatic rings. The van der Waals surface area contributed by atoms with Crippen LogP contribution in [0.4, 0.5) is 0 Å². The van der Waals surface area contributed by atoms with Crippen LogP contribution in [0.1, 0.15) is 16.7 Å². The Bertz CT molecular complexity index is 593. The fourth-order valence-corrected chi connectivity index (χ4v) is 1.97. The van der Waals surface area contributed by atoms with Crippen LogP contribution in [0.2, 0.25) is 5.28 Å². The van der Waals surface area contributed by atoms with E-state index < -0.39 is 0 Å². The number of nitrogens with zero attached hydrogens (tertiary/aromatic N) is 4. The molecule has 0 saturated carbocycles. The molecule has 0 aliphatic rings. The van der Waals surface area contributed by atoms with Crippen LogP contribution in [0.5, 0.6) is 0 Å². The molecule has 84 valence electrons. The Morgan fingerprint density at radius 2 is 1.88 bits per heavy atom. The van der Waals surface area contributed by atoms with Gasteiger partial charge in [-0.15, -0.1) is 5.10 Å². The van der Waals surface area contributed by atoms with E-state index in [1.807, 2.05) is 26.0 Å². The molecule has 0 spiro atoms. The highest BCUT2D eigenvalue weighted by atomic mass is 35.5. The van der Waals surface area contributed by atoms with Crippen molar-refractivity contribution in [1.82, 2.24) is 15.2 Å². The van der Waals surface area contributed by atoms with Crippen LogP contribution in [0, 0.1) is 25.2 Å². The second-order valence-corrected chi connectivity index (χ2v) is 4.05. The lowest BCUT2D eigenvalue weighted by atomic mass is 9.97. The van der Waals surface area contributed by atoms with Gasteiger partial charge in [-0.1, -0.05) is 0 Å². The second kappa shape index (κ2) is 4.48. The first-order valence-electron chi connectivity index (χ1n) is 4.98. The molecule has 4 nitrogen and oxygen atoms in total. The quantitative estimate of drug-likeness (QED) is 0.774. The van der Waals surface area contributed by atoms with E-state index in [-0.39, 0.29) is 5.28 Å². The number of hydrogen-bond acceptors (Lipinski definition) is 4. The summed E-state index contributed by atoms with van der Waals surface area (Å²) in [6, 6.07) is 5.76. The predicted molar refractivity (Wildman–Crippen MR) is 64.5 cm³/mol. The normalized spacial score (nSPS) is 10.0. The van der Waals surface area contributed by atoms with Gasteiger partial charge in [-0.2, -0.15) is 10.4 Å². The number of hydrogen-bond donors (Lipinski definition) is 0. The highest BCUT2D eigenvalue weighted by Crippen LogP contribution is 2.26. The van der Waals surface area contributed by atoms with Gasteiger partial charge < -0.3 is 0 Å². The van der Waals surface area contributed by atoms with Crippen LogP contribution in [-0.4, -0.2) is 15.2 Å². The number of rotatable bonds is 1. The summed E-state index contributed by atoms with van der Waals surface area (Å²) in [6.45, 7) is 3.86. The summed E-state index contributed by atoms with van der Waals surface area (Å²) in [7, 11) is 0. The number of benzene rings is 1. The van der Waals surface area contributed by atoms with Crippen LogP contribution in [-0.2, 0) is 0 Å². The summed E-state index contributed by atoms with van der Waals surface area (Å²) >= 11 is 5.72. The van der Waals surface area contributed by atoms with E-state index >= 15 is 0 Å². The van der Waals surface area contributed by atoms with Gasteiger partial charge in [-0.25, -0.2) is 4.98 Å². The first-order valence-corrected chi connectivity index (χ1v) is 5.36. The standard InChI is InChI=1S/C12H9ClN4/c1-7-3-9(5-14)4-8(2)11(7)10-6-15-17-12(13)16-10/h3-4,6H,1-2H3. The molecule has 2 rings (SSSR count). The van der Waals surface area contributed by atoms with E-state index in [0.29, 0.717) is 11.3 Å². The minimum absolute atomic E-state index is 0.116. The van der Waals surface area contributed by atoms with Crippen LogP contribution < -0.4 is 0 Å². The van der Waals surface area contributed by atoms with E-state index in [9.17, 15) is 0 Å². The van der Waals surface area contributed by atoms with Crippen LogP contribution in [0.3, 0.4) is 0 Å². The average Bonchev–Trinajstić information content (AvgIpc) is 2.28. The van der Waals surface area contributed by atoms with Crippen molar-refractivity contribution in [2.24, 2.45) is 0 Å². The number of aryl methyl sites for hydroxylation is 2. The summed E-state index contributed by atoms with van der Waals surface area (Å²) in [5, 5.41) is 16.4. The number of halogens is 1. The van der Waals surface area contributed by atoms with E-state index in [1.165, 1.54) is 0 Å². The van der Waals surface area contributed by atoms with Crippen molar-refractivity contribution < 1.29 is 0 Å². The summed E-state index contributed by atoms with van der Waals surface area (Å²) in [5.74, 6) is 0.